The molecule has 1 aromatic carbocycles. The molecule has 0 atom stereocenters. The Bertz CT molecular complexity index is 895. The lowest BCUT2D eigenvalue weighted by Crippen LogP contribution is -2.27. The molecule has 0 saturated carbocycles. The lowest BCUT2D eigenvalue weighted by Gasteiger charge is -2.18. The first-order valence-electron chi connectivity index (χ1n) is 8.36. The third-order valence-electron chi connectivity index (χ3n) is 4.51. The summed E-state index contributed by atoms with van der Waals surface area (Å²) in [6.07, 6.45) is 2.86. The van der Waals surface area contributed by atoms with E-state index in [1.807, 2.05) is 24.5 Å². The predicted molar refractivity (Wildman–Crippen MR) is 104 cm³/mol. The lowest BCUT2D eigenvalue weighted by atomic mass is 9.99. The van der Waals surface area contributed by atoms with Crippen LogP contribution in [0.15, 0.2) is 34.0 Å². The zero-order valence-electron chi connectivity index (χ0n) is 15.5. The summed E-state index contributed by atoms with van der Waals surface area (Å²) in [5.41, 5.74) is 3.09. The highest BCUT2D eigenvalue weighted by molar-refractivity contribution is 7.98. The number of hydrogen-bond acceptors (Lipinski definition) is 4. The van der Waals surface area contributed by atoms with Crippen molar-refractivity contribution in [2.75, 3.05) is 13.3 Å². The minimum Gasteiger partial charge on any atom is -0.341 e. The molecule has 136 valence electrons. The van der Waals surface area contributed by atoms with E-state index in [2.05, 4.69) is 17.1 Å². The molecule has 0 aliphatic carbocycles. The number of carbonyl (C=O) groups excluding carboxylic acids is 1. The second kappa shape index (κ2) is 8.72. The SMILES string of the molecule is CSc1ccc(CN(C)C(=O)CCc2c(C)[nH]c(=O)c(C#N)c2C)cc1. The van der Waals surface area contributed by atoms with Gasteiger partial charge in [0.15, 0.2) is 0 Å². The van der Waals surface area contributed by atoms with Gasteiger partial charge in [0, 0.05) is 30.6 Å². The maximum absolute atomic E-state index is 12.5. The molecular formula is C20H23N3O2S. The molecule has 0 fully saturated rings. The first-order valence-corrected chi connectivity index (χ1v) is 9.59. The van der Waals surface area contributed by atoms with E-state index in [0.717, 1.165) is 16.8 Å². The summed E-state index contributed by atoms with van der Waals surface area (Å²) in [5.74, 6) is 0.0300. The van der Waals surface area contributed by atoms with Crippen LogP contribution in [0.2, 0.25) is 0 Å². The number of aromatic nitrogens is 1. The van der Waals surface area contributed by atoms with Gasteiger partial charge in [0.2, 0.25) is 5.91 Å². The van der Waals surface area contributed by atoms with Gasteiger partial charge in [-0.15, -0.1) is 11.8 Å². The van der Waals surface area contributed by atoms with E-state index in [4.69, 9.17) is 5.26 Å². The van der Waals surface area contributed by atoms with Gasteiger partial charge >= 0.3 is 0 Å². The molecule has 0 saturated heterocycles. The summed E-state index contributed by atoms with van der Waals surface area (Å²) in [5, 5.41) is 9.14. The Morgan fingerprint density at radius 2 is 1.92 bits per heavy atom. The maximum atomic E-state index is 12.5. The van der Waals surface area contributed by atoms with Gasteiger partial charge in [-0.3, -0.25) is 9.59 Å². The van der Waals surface area contributed by atoms with Gasteiger partial charge in [-0.05, 0) is 55.3 Å². The van der Waals surface area contributed by atoms with E-state index in [1.165, 1.54) is 4.90 Å². The number of rotatable bonds is 6. The highest BCUT2D eigenvalue weighted by Crippen LogP contribution is 2.17. The number of carbonyl (C=O) groups is 1. The van der Waals surface area contributed by atoms with Crippen molar-refractivity contribution < 1.29 is 4.79 Å². The summed E-state index contributed by atoms with van der Waals surface area (Å²) < 4.78 is 0. The summed E-state index contributed by atoms with van der Waals surface area (Å²) in [6, 6.07) is 10.1. The van der Waals surface area contributed by atoms with E-state index in [0.29, 0.717) is 24.9 Å². The second-order valence-corrected chi connectivity index (χ2v) is 7.15. The first-order chi connectivity index (χ1) is 12.4. The number of H-pyrrole nitrogens is 1. The van der Waals surface area contributed by atoms with Crippen molar-refractivity contribution in [2.24, 2.45) is 0 Å². The van der Waals surface area contributed by atoms with Crippen LogP contribution in [0.5, 0.6) is 0 Å². The quantitative estimate of drug-likeness (QED) is 0.794. The van der Waals surface area contributed by atoms with E-state index >= 15 is 0 Å². The van der Waals surface area contributed by atoms with Crippen LogP contribution in [0.25, 0.3) is 0 Å². The molecule has 5 nitrogen and oxygen atoms in total. The second-order valence-electron chi connectivity index (χ2n) is 6.27. The normalized spacial score (nSPS) is 10.4. The monoisotopic (exact) mass is 369 g/mol. The molecule has 2 aromatic rings. The summed E-state index contributed by atoms with van der Waals surface area (Å²) >= 11 is 1.69. The molecule has 0 spiro atoms. The molecule has 6 heteroatoms. The molecule has 1 aromatic heterocycles. The fraction of sp³-hybridized carbons (Fsp3) is 0.350. The number of aryl methyl sites for hydroxylation is 1. The van der Waals surface area contributed by atoms with Gasteiger partial charge < -0.3 is 9.88 Å². The Hall–Kier alpha value is -2.52. The van der Waals surface area contributed by atoms with Crippen LogP contribution in [-0.4, -0.2) is 29.1 Å². The lowest BCUT2D eigenvalue weighted by molar-refractivity contribution is -0.130. The summed E-state index contributed by atoms with van der Waals surface area (Å²) in [6.45, 7) is 4.12. The van der Waals surface area contributed by atoms with Crippen molar-refractivity contribution >= 4 is 17.7 Å². The minimum absolute atomic E-state index is 0.0300. The molecule has 0 unspecified atom stereocenters. The van der Waals surface area contributed by atoms with Crippen LogP contribution in [0.4, 0.5) is 0 Å². The number of aromatic amines is 1. The molecule has 0 aliphatic rings. The molecule has 0 radical (unpaired) electrons. The average molecular weight is 369 g/mol. The number of nitriles is 1. The smallest absolute Gasteiger partial charge is 0.266 e. The van der Waals surface area contributed by atoms with Crippen LogP contribution in [0, 0.1) is 25.2 Å². The van der Waals surface area contributed by atoms with Crippen molar-refractivity contribution in [3.05, 3.63) is 62.6 Å². The van der Waals surface area contributed by atoms with Crippen LogP contribution >= 0.6 is 11.8 Å². The van der Waals surface area contributed by atoms with Crippen LogP contribution in [0.3, 0.4) is 0 Å². The topological polar surface area (TPSA) is 77.0 Å². The summed E-state index contributed by atoms with van der Waals surface area (Å²) in [7, 11) is 1.79. The standard InChI is InChI=1S/C20H23N3O2S/c1-13-17(14(2)22-20(25)18(13)11-21)9-10-19(24)23(3)12-15-5-7-16(26-4)8-6-15/h5-8H,9-10,12H2,1-4H3,(H,22,25). The molecule has 0 aliphatic heterocycles. The van der Waals surface area contributed by atoms with Gasteiger partial charge in [-0.1, -0.05) is 12.1 Å². The third-order valence-corrected chi connectivity index (χ3v) is 5.26. The molecule has 26 heavy (non-hydrogen) atoms. The highest BCUT2D eigenvalue weighted by Gasteiger charge is 2.15. The van der Waals surface area contributed by atoms with Gasteiger partial charge in [0.25, 0.3) is 5.56 Å². The van der Waals surface area contributed by atoms with E-state index in [1.54, 1.807) is 37.6 Å². The van der Waals surface area contributed by atoms with E-state index in [9.17, 15) is 9.59 Å². The molecule has 1 amide bonds. The van der Waals surface area contributed by atoms with Crippen molar-refractivity contribution in [1.29, 1.82) is 5.26 Å². The number of hydrogen-bond donors (Lipinski definition) is 1. The first kappa shape index (κ1) is 19.8. The number of benzene rings is 1. The van der Waals surface area contributed by atoms with E-state index in [-0.39, 0.29) is 17.0 Å². The fourth-order valence-electron chi connectivity index (χ4n) is 2.94. The molecule has 1 N–H and O–H groups in total. The zero-order chi connectivity index (χ0) is 19.3. The Kier molecular flexibility index (Phi) is 6.64. The zero-order valence-corrected chi connectivity index (χ0v) is 16.4. The van der Waals surface area contributed by atoms with Crippen molar-refractivity contribution in [1.82, 2.24) is 9.88 Å². The van der Waals surface area contributed by atoms with Crippen LogP contribution in [-0.2, 0) is 17.8 Å². The summed E-state index contributed by atoms with van der Waals surface area (Å²) in [4.78, 5) is 29.9. The molecule has 0 bridgehead atoms. The minimum atomic E-state index is -0.372. The van der Waals surface area contributed by atoms with Gasteiger partial charge in [-0.25, -0.2) is 0 Å². The number of nitrogens with zero attached hydrogens (tertiary/aromatic N) is 2. The fourth-order valence-corrected chi connectivity index (χ4v) is 3.34. The van der Waals surface area contributed by atoms with Gasteiger partial charge in [-0.2, -0.15) is 5.26 Å². The Labute approximate surface area is 158 Å². The third kappa shape index (κ3) is 4.55. The Morgan fingerprint density at radius 3 is 2.50 bits per heavy atom. The highest BCUT2D eigenvalue weighted by atomic mass is 32.2. The molecular weight excluding hydrogens is 346 g/mol. The van der Waals surface area contributed by atoms with Crippen LogP contribution < -0.4 is 5.56 Å². The van der Waals surface area contributed by atoms with Crippen molar-refractivity contribution in [3.63, 3.8) is 0 Å². The predicted octanol–water partition coefficient (Wildman–Crippen LogP) is 3.18. The van der Waals surface area contributed by atoms with Gasteiger partial charge in [0.05, 0.1) is 0 Å². The largest absolute Gasteiger partial charge is 0.341 e. The maximum Gasteiger partial charge on any atom is 0.266 e. The number of amides is 1. The van der Waals surface area contributed by atoms with Crippen molar-refractivity contribution in [3.8, 4) is 6.07 Å². The molecule has 2 rings (SSSR count). The Balaban J connectivity index is 2.04. The number of pyridine rings is 1. The van der Waals surface area contributed by atoms with E-state index < -0.39 is 0 Å². The average Bonchev–Trinajstić information content (AvgIpc) is 2.62. The van der Waals surface area contributed by atoms with Gasteiger partial charge in [0.1, 0.15) is 11.6 Å². The number of nitrogens with one attached hydrogen (secondary N) is 1. The number of thioether (sulfide) groups is 1. The Morgan fingerprint density at radius 1 is 1.27 bits per heavy atom. The molecule has 1 heterocycles. The van der Waals surface area contributed by atoms with Crippen LogP contribution in [0.1, 0.15) is 34.4 Å². The van der Waals surface area contributed by atoms with Crippen molar-refractivity contribution in [2.45, 2.75) is 38.1 Å².